The molecule has 3 rings (SSSR count). The van der Waals surface area contributed by atoms with E-state index in [0.717, 1.165) is 11.6 Å². The fraction of sp³-hybridized carbons (Fsp3) is 0.375. The summed E-state index contributed by atoms with van der Waals surface area (Å²) in [7, 11) is 1.19. The molecule has 0 spiro atoms. The van der Waals surface area contributed by atoms with Crippen molar-refractivity contribution < 1.29 is 18.0 Å². The largest absolute Gasteiger partial charge is 0.433 e. The average molecular weight is 338 g/mol. The first-order valence-corrected chi connectivity index (χ1v) is 7.56. The van der Waals surface area contributed by atoms with E-state index in [1.165, 1.54) is 7.05 Å². The Morgan fingerprint density at radius 1 is 1.29 bits per heavy atom. The van der Waals surface area contributed by atoms with Gasteiger partial charge in [0.25, 0.3) is 5.91 Å². The smallest absolute Gasteiger partial charge is 0.328 e. The van der Waals surface area contributed by atoms with E-state index < -0.39 is 17.8 Å². The van der Waals surface area contributed by atoms with Crippen LogP contribution < -0.4 is 5.32 Å². The van der Waals surface area contributed by atoms with Gasteiger partial charge in [-0.3, -0.25) is 9.48 Å². The van der Waals surface area contributed by atoms with Crippen molar-refractivity contribution in [3.8, 4) is 0 Å². The van der Waals surface area contributed by atoms with Crippen molar-refractivity contribution in [2.24, 2.45) is 7.05 Å². The van der Waals surface area contributed by atoms with Crippen LogP contribution in [0.4, 0.5) is 13.2 Å². The third-order valence-electron chi connectivity index (χ3n) is 4.08. The van der Waals surface area contributed by atoms with Crippen LogP contribution in [-0.2, 0) is 13.2 Å². The van der Waals surface area contributed by atoms with Gasteiger partial charge in [0.2, 0.25) is 0 Å². The van der Waals surface area contributed by atoms with Crippen molar-refractivity contribution in [3.05, 3.63) is 53.3 Å². The minimum Gasteiger partial charge on any atom is -0.328 e. The Morgan fingerprint density at radius 3 is 2.62 bits per heavy atom. The number of carbonyl (C=O) groups excluding carboxylic acids is 1. The molecular formula is C16H17F3N4O. The van der Waals surface area contributed by atoms with Gasteiger partial charge in [-0.1, -0.05) is 30.3 Å². The first kappa shape index (κ1) is 16.5. The fourth-order valence-corrected chi connectivity index (χ4v) is 2.90. The Hall–Kier alpha value is -2.35. The van der Waals surface area contributed by atoms with Crippen molar-refractivity contribution in [3.63, 3.8) is 0 Å². The molecule has 1 amide bonds. The first-order chi connectivity index (χ1) is 11.4. The van der Waals surface area contributed by atoms with Gasteiger partial charge < -0.3 is 10.2 Å². The highest BCUT2D eigenvalue weighted by Gasteiger charge is 2.37. The van der Waals surface area contributed by atoms with Gasteiger partial charge in [-0.25, -0.2) is 0 Å². The van der Waals surface area contributed by atoms with E-state index in [1.54, 1.807) is 4.90 Å². The third-order valence-corrected chi connectivity index (χ3v) is 4.08. The molecule has 1 fully saturated rings. The van der Waals surface area contributed by atoms with E-state index in [-0.39, 0.29) is 11.7 Å². The zero-order valence-corrected chi connectivity index (χ0v) is 13.0. The van der Waals surface area contributed by atoms with Crippen LogP contribution in [0.3, 0.4) is 0 Å². The second-order valence-electron chi connectivity index (χ2n) is 5.67. The number of aromatic nitrogens is 2. The molecule has 1 unspecified atom stereocenters. The normalized spacial score (nSPS) is 18.7. The minimum atomic E-state index is -4.54. The highest BCUT2D eigenvalue weighted by molar-refractivity contribution is 5.93. The standard InChI is InChI=1S/C16H17F3N4O/c1-22-14(16(17,18)19)9-12(21-22)15(24)23-8-7-20-10-13(23)11-5-3-2-4-6-11/h2-6,9,13,20H,7-8,10H2,1H3. The Kier molecular flexibility index (Phi) is 4.31. The maximum atomic E-state index is 12.9. The average Bonchev–Trinajstić information content (AvgIpc) is 2.97. The number of amides is 1. The van der Waals surface area contributed by atoms with E-state index in [9.17, 15) is 18.0 Å². The van der Waals surface area contributed by atoms with Crippen molar-refractivity contribution in [1.82, 2.24) is 20.0 Å². The van der Waals surface area contributed by atoms with Crippen LogP contribution in [0.15, 0.2) is 36.4 Å². The highest BCUT2D eigenvalue weighted by Crippen LogP contribution is 2.30. The van der Waals surface area contributed by atoms with Gasteiger partial charge in [-0.05, 0) is 5.56 Å². The van der Waals surface area contributed by atoms with Gasteiger partial charge in [0, 0.05) is 32.7 Å². The first-order valence-electron chi connectivity index (χ1n) is 7.56. The predicted octanol–water partition coefficient (Wildman–Crippen LogP) is 2.23. The number of hydrogen-bond acceptors (Lipinski definition) is 3. The molecule has 0 saturated carbocycles. The molecule has 8 heteroatoms. The summed E-state index contributed by atoms with van der Waals surface area (Å²) in [6, 6.07) is 10.00. The Bertz CT molecular complexity index is 727. The summed E-state index contributed by atoms with van der Waals surface area (Å²) < 4.78 is 39.4. The lowest BCUT2D eigenvalue weighted by Crippen LogP contribution is -2.48. The molecule has 1 aliphatic heterocycles. The van der Waals surface area contributed by atoms with Crippen LogP contribution in [-0.4, -0.2) is 40.2 Å². The van der Waals surface area contributed by atoms with Gasteiger partial charge in [0.05, 0.1) is 6.04 Å². The molecule has 2 aromatic rings. The molecular weight excluding hydrogens is 321 g/mol. The maximum absolute atomic E-state index is 12.9. The molecule has 1 atom stereocenters. The number of aryl methyl sites for hydroxylation is 1. The number of hydrogen-bond donors (Lipinski definition) is 1. The lowest BCUT2D eigenvalue weighted by atomic mass is 10.0. The number of alkyl halides is 3. The zero-order chi connectivity index (χ0) is 17.3. The highest BCUT2D eigenvalue weighted by atomic mass is 19.4. The van der Waals surface area contributed by atoms with Crippen molar-refractivity contribution in [1.29, 1.82) is 0 Å². The molecule has 2 heterocycles. The summed E-state index contributed by atoms with van der Waals surface area (Å²) in [6.07, 6.45) is -4.54. The van der Waals surface area contributed by atoms with E-state index >= 15 is 0 Å². The monoisotopic (exact) mass is 338 g/mol. The van der Waals surface area contributed by atoms with E-state index in [2.05, 4.69) is 10.4 Å². The van der Waals surface area contributed by atoms with E-state index in [0.29, 0.717) is 24.3 Å². The predicted molar refractivity (Wildman–Crippen MR) is 81.3 cm³/mol. The van der Waals surface area contributed by atoms with Crippen LogP contribution in [0, 0.1) is 0 Å². The minimum absolute atomic E-state index is 0.187. The molecule has 1 saturated heterocycles. The number of benzene rings is 1. The maximum Gasteiger partial charge on any atom is 0.433 e. The molecule has 1 N–H and O–H groups in total. The van der Waals surface area contributed by atoms with Crippen molar-refractivity contribution >= 4 is 5.91 Å². The van der Waals surface area contributed by atoms with Crippen molar-refractivity contribution in [2.45, 2.75) is 12.2 Å². The SMILES string of the molecule is Cn1nc(C(=O)N2CCNCC2c2ccccc2)cc1C(F)(F)F. The Balaban J connectivity index is 1.90. The summed E-state index contributed by atoms with van der Waals surface area (Å²) in [5.74, 6) is -0.489. The van der Waals surface area contributed by atoms with Gasteiger partial charge in [-0.15, -0.1) is 0 Å². The molecule has 1 aromatic carbocycles. The lowest BCUT2D eigenvalue weighted by molar-refractivity contribution is -0.143. The second-order valence-corrected chi connectivity index (χ2v) is 5.67. The molecule has 0 radical (unpaired) electrons. The zero-order valence-electron chi connectivity index (χ0n) is 13.0. The molecule has 0 bridgehead atoms. The molecule has 0 aliphatic carbocycles. The van der Waals surface area contributed by atoms with Crippen molar-refractivity contribution in [2.75, 3.05) is 19.6 Å². The topological polar surface area (TPSA) is 50.2 Å². The van der Waals surface area contributed by atoms with Crippen LogP contribution in [0.5, 0.6) is 0 Å². The summed E-state index contributed by atoms with van der Waals surface area (Å²) in [5.41, 5.74) is -0.185. The number of halogens is 3. The number of rotatable bonds is 2. The van der Waals surface area contributed by atoms with Gasteiger partial charge >= 0.3 is 6.18 Å². The summed E-state index contributed by atoms with van der Waals surface area (Å²) >= 11 is 0. The van der Waals surface area contributed by atoms with E-state index in [4.69, 9.17) is 0 Å². The molecule has 128 valence electrons. The molecule has 24 heavy (non-hydrogen) atoms. The summed E-state index contributed by atoms with van der Waals surface area (Å²) in [5, 5.41) is 6.98. The van der Waals surface area contributed by atoms with Gasteiger partial charge in [-0.2, -0.15) is 18.3 Å². The number of nitrogens with one attached hydrogen (secondary N) is 1. The molecule has 1 aliphatic rings. The summed E-state index contributed by atoms with van der Waals surface area (Å²) in [4.78, 5) is 14.3. The number of nitrogens with zero attached hydrogens (tertiary/aromatic N) is 3. The van der Waals surface area contributed by atoms with Crippen LogP contribution in [0.2, 0.25) is 0 Å². The number of piperazine rings is 1. The quantitative estimate of drug-likeness (QED) is 0.914. The summed E-state index contributed by atoms with van der Waals surface area (Å²) in [6.45, 7) is 1.55. The Morgan fingerprint density at radius 2 is 2.00 bits per heavy atom. The second kappa shape index (κ2) is 6.27. The molecule has 5 nitrogen and oxygen atoms in total. The van der Waals surface area contributed by atoms with Crippen LogP contribution in [0.1, 0.15) is 27.8 Å². The van der Waals surface area contributed by atoms with E-state index in [1.807, 2.05) is 30.3 Å². The van der Waals surface area contributed by atoms with Gasteiger partial charge in [0.1, 0.15) is 5.69 Å². The van der Waals surface area contributed by atoms with Crippen LogP contribution in [0.25, 0.3) is 0 Å². The Labute approximate surface area is 137 Å². The third kappa shape index (κ3) is 3.14. The molecule has 1 aromatic heterocycles. The van der Waals surface area contributed by atoms with Gasteiger partial charge in [0.15, 0.2) is 5.69 Å². The van der Waals surface area contributed by atoms with Crippen LogP contribution >= 0.6 is 0 Å². The number of carbonyl (C=O) groups is 1. The lowest BCUT2D eigenvalue weighted by Gasteiger charge is -2.36. The fourth-order valence-electron chi connectivity index (χ4n) is 2.90.